The SMILES string of the molecule is CN(CC1(N2CCCCC2)CCCCC1)C(=O)C1Cc2ccccc2C(=O)N1. The van der Waals surface area contributed by atoms with Crippen molar-refractivity contribution >= 4 is 11.8 Å². The lowest BCUT2D eigenvalue weighted by Gasteiger charge is -2.50. The Hall–Kier alpha value is -1.88. The summed E-state index contributed by atoms with van der Waals surface area (Å²) in [5.74, 6) is -0.0816. The molecule has 2 heterocycles. The van der Waals surface area contributed by atoms with Crippen LogP contribution in [0.3, 0.4) is 0 Å². The predicted molar refractivity (Wildman–Crippen MR) is 110 cm³/mol. The zero-order chi connectivity index (χ0) is 19.6. The van der Waals surface area contributed by atoms with Crippen LogP contribution in [0.1, 0.15) is 67.3 Å². The minimum absolute atomic E-state index is 0.0461. The van der Waals surface area contributed by atoms with Gasteiger partial charge in [0.1, 0.15) is 6.04 Å². The van der Waals surface area contributed by atoms with Crippen molar-refractivity contribution in [2.75, 3.05) is 26.7 Å². The molecule has 0 aromatic heterocycles. The zero-order valence-corrected chi connectivity index (χ0v) is 17.1. The van der Waals surface area contributed by atoms with Gasteiger partial charge in [0.05, 0.1) is 0 Å². The highest BCUT2D eigenvalue weighted by Crippen LogP contribution is 2.36. The number of likely N-dealkylation sites (tertiary alicyclic amines) is 1. The minimum atomic E-state index is -0.450. The molecule has 1 unspecified atom stereocenters. The maximum absolute atomic E-state index is 13.2. The molecule has 2 fully saturated rings. The smallest absolute Gasteiger partial charge is 0.252 e. The molecule has 3 aliphatic rings. The quantitative estimate of drug-likeness (QED) is 0.870. The largest absolute Gasteiger partial charge is 0.342 e. The topological polar surface area (TPSA) is 52.7 Å². The first-order valence-electron chi connectivity index (χ1n) is 11.0. The molecule has 0 bridgehead atoms. The Morgan fingerprint density at radius 3 is 2.54 bits per heavy atom. The lowest BCUT2D eigenvalue weighted by atomic mass is 9.78. The van der Waals surface area contributed by atoms with Gasteiger partial charge >= 0.3 is 0 Å². The van der Waals surface area contributed by atoms with Gasteiger partial charge in [-0.3, -0.25) is 14.5 Å². The van der Waals surface area contributed by atoms with Crippen LogP contribution in [0.25, 0.3) is 0 Å². The number of carbonyl (C=O) groups excluding carboxylic acids is 2. The molecule has 1 aromatic carbocycles. The fraction of sp³-hybridized carbons (Fsp3) is 0.652. The number of likely N-dealkylation sites (N-methyl/N-ethyl adjacent to an activating group) is 1. The van der Waals surface area contributed by atoms with E-state index >= 15 is 0 Å². The lowest BCUT2D eigenvalue weighted by Crippen LogP contribution is -2.60. The molecular weight excluding hydrogens is 350 g/mol. The van der Waals surface area contributed by atoms with Crippen molar-refractivity contribution in [1.82, 2.24) is 15.1 Å². The first kappa shape index (κ1) is 19.4. The second kappa shape index (κ2) is 8.24. The molecule has 5 nitrogen and oxygen atoms in total. The third-order valence-corrected chi connectivity index (χ3v) is 7.01. The van der Waals surface area contributed by atoms with E-state index in [9.17, 15) is 9.59 Å². The Morgan fingerprint density at radius 1 is 1.11 bits per heavy atom. The van der Waals surface area contributed by atoms with Crippen LogP contribution in [0.4, 0.5) is 0 Å². The number of hydrogen-bond acceptors (Lipinski definition) is 3. The maximum atomic E-state index is 13.2. The summed E-state index contributed by atoms with van der Waals surface area (Å²) in [6, 6.07) is 7.16. The third kappa shape index (κ3) is 3.82. The number of benzene rings is 1. The number of nitrogens with one attached hydrogen (secondary N) is 1. The van der Waals surface area contributed by atoms with E-state index in [2.05, 4.69) is 10.2 Å². The molecule has 1 atom stereocenters. The number of fused-ring (bicyclic) bond motifs is 1. The van der Waals surface area contributed by atoms with E-state index in [0.29, 0.717) is 12.0 Å². The fourth-order valence-electron chi connectivity index (χ4n) is 5.51. The minimum Gasteiger partial charge on any atom is -0.342 e. The number of hydrogen-bond donors (Lipinski definition) is 1. The Kier molecular flexibility index (Phi) is 5.72. The van der Waals surface area contributed by atoms with E-state index in [0.717, 1.165) is 25.2 Å². The van der Waals surface area contributed by atoms with Crippen molar-refractivity contribution in [3.63, 3.8) is 0 Å². The van der Waals surface area contributed by atoms with Crippen LogP contribution in [0.15, 0.2) is 24.3 Å². The van der Waals surface area contributed by atoms with Crippen LogP contribution in [0, 0.1) is 0 Å². The van der Waals surface area contributed by atoms with Gasteiger partial charge in [0.15, 0.2) is 0 Å². The molecule has 28 heavy (non-hydrogen) atoms. The summed E-state index contributed by atoms with van der Waals surface area (Å²) >= 11 is 0. The molecule has 0 spiro atoms. The molecule has 0 radical (unpaired) electrons. The number of nitrogens with zero attached hydrogens (tertiary/aromatic N) is 2. The highest BCUT2D eigenvalue weighted by atomic mass is 16.2. The highest BCUT2D eigenvalue weighted by molar-refractivity contribution is 6.00. The second-order valence-electron chi connectivity index (χ2n) is 8.91. The molecule has 1 N–H and O–H groups in total. The van der Waals surface area contributed by atoms with Gasteiger partial charge in [-0.15, -0.1) is 0 Å². The van der Waals surface area contributed by atoms with Crippen LogP contribution in [0.5, 0.6) is 0 Å². The monoisotopic (exact) mass is 383 g/mol. The van der Waals surface area contributed by atoms with Gasteiger partial charge in [0, 0.05) is 31.1 Å². The van der Waals surface area contributed by atoms with Crippen molar-refractivity contribution in [2.45, 2.75) is 69.4 Å². The van der Waals surface area contributed by atoms with E-state index in [1.54, 1.807) is 0 Å². The van der Waals surface area contributed by atoms with Gasteiger partial charge in [-0.2, -0.15) is 0 Å². The number of piperidine rings is 1. The summed E-state index contributed by atoms with van der Waals surface area (Å²) in [7, 11) is 1.93. The normalized spacial score (nSPS) is 24.9. The first-order valence-corrected chi connectivity index (χ1v) is 11.0. The van der Waals surface area contributed by atoms with E-state index in [4.69, 9.17) is 0 Å². The van der Waals surface area contributed by atoms with Gasteiger partial charge in [-0.25, -0.2) is 0 Å². The standard InChI is InChI=1S/C23H33N3O2/c1-25(17-23(12-6-2-7-13-23)26-14-8-3-9-15-26)22(28)20-16-18-10-4-5-11-19(18)21(27)24-20/h4-5,10-11,20H,2-3,6-9,12-17H2,1H3,(H,24,27). The molecule has 1 saturated heterocycles. The van der Waals surface area contributed by atoms with Crippen molar-refractivity contribution in [3.05, 3.63) is 35.4 Å². The van der Waals surface area contributed by atoms with Crippen molar-refractivity contribution in [3.8, 4) is 0 Å². The first-order chi connectivity index (χ1) is 13.6. The van der Waals surface area contributed by atoms with E-state index < -0.39 is 6.04 Å². The van der Waals surface area contributed by atoms with Gasteiger partial charge in [0.2, 0.25) is 5.91 Å². The average molecular weight is 384 g/mol. The van der Waals surface area contributed by atoms with Gasteiger partial charge in [0.25, 0.3) is 5.91 Å². The Balaban J connectivity index is 1.47. The van der Waals surface area contributed by atoms with Crippen molar-refractivity contribution in [1.29, 1.82) is 0 Å². The average Bonchev–Trinajstić information content (AvgIpc) is 2.74. The number of amides is 2. The van der Waals surface area contributed by atoms with Crippen LogP contribution in [-0.2, 0) is 11.2 Å². The van der Waals surface area contributed by atoms with Gasteiger partial charge in [-0.1, -0.05) is 43.9 Å². The molecule has 152 valence electrons. The third-order valence-electron chi connectivity index (χ3n) is 7.01. The van der Waals surface area contributed by atoms with Crippen molar-refractivity contribution < 1.29 is 9.59 Å². The summed E-state index contributed by atoms with van der Waals surface area (Å²) in [6.07, 6.45) is 10.6. The molecule has 2 aliphatic heterocycles. The summed E-state index contributed by atoms with van der Waals surface area (Å²) in [6.45, 7) is 3.10. The lowest BCUT2D eigenvalue weighted by molar-refractivity contribution is -0.134. The van der Waals surface area contributed by atoms with E-state index in [-0.39, 0.29) is 17.4 Å². The van der Waals surface area contributed by atoms with Gasteiger partial charge in [-0.05, 0) is 50.4 Å². The molecule has 2 amide bonds. The zero-order valence-electron chi connectivity index (χ0n) is 17.1. The van der Waals surface area contributed by atoms with Gasteiger partial charge < -0.3 is 10.2 Å². The fourth-order valence-corrected chi connectivity index (χ4v) is 5.51. The second-order valence-corrected chi connectivity index (χ2v) is 8.91. The van der Waals surface area contributed by atoms with E-state index in [1.165, 1.54) is 51.4 Å². The molecule has 4 rings (SSSR count). The number of carbonyl (C=O) groups is 2. The van der Waals surface area contributed by atoms with Crippen LogP contribution < -0.4 is 5.32 Å². The van der Waals surface area contributed by atoms with Crippen molar-refractivity contribution in [2.24, 2.45) is 0 Å². The predicted octanol–water partition coefficient (Wildman–Crippen LogP) is 2.99. The number of rotatable bonds is 4. The Morgan fingerprint density at radius 2 is 1.79 bits per heavy atom. The molecular formula is C23H33N3O2. The van der Waals surface area contributed by atoms with E-state index in [1.807, 2.05) is 36.2 Å². The Bertz CT molecular complexity index is 720. The maximum Gasteiger partial charge on any atom is 0.252 e. The summed E-state index contributed by atoms with van der Waals surface area (Å²) < 4.78 is 0. The molecule has 5 heteroatoms. The molecule has 1 aromatic rings. The summed E-state index contributed by atoms with van der Waals surface area (Å²) in [5.41, 5.74) is 1.80. The highest BCUT2D eigenvalue weighted by Gasteiger charge is 2.41. The van der Waals surface area contributed by atoms with Crippen LogP contribution in [-0.4, -0.2) is 59.9 Å². The van der Waals surface area contributed by atoms with Crippen LogP contribution in [0.2, 0.25) is 0 Å². The van der Waals surface area contributed by atoms with Crippen LogP contribution >= 0.6 is 0 Å². The Labute approximate surface area is 168 Å². The summed E-state index contributed by atoms with van der Waals surface area (Å²) in [5, 5.41) is 2.94. The molecule has 1 aliphatic carbocycles. The molecule has 1 saturated carbocycles. The summed E-state index contributed by atoms with van der Waals surface area (Å²) in [4.78, 5) is 30.3.